The third kappa shape index (κ3) is 6.22. The van der Waals surface area contributed by atoms with Gasteiger partial charge in [-0.25, -0.2) is 32.5 Å². The van der Waals surface area contributed by atoms with Gasteiger partial charge in [0, 0.05) is 18.7 Å². The molecule has 4 heterocycles. The molecule has 224 valence electrons. The van der Waals surface area contributed by atoms with Crippen LogP contribution in [0.3, 0.4) is 0 Å². The van der Waals surface area contributed by atoms with Crippen molar-refractivity contribution >= 4 is 30.3 Å². The van der Waals surface area contributed by atoms with Crippen molar-refractivity contribution in [2.24, 2.45) is 5.73 Å². The van der Waals surface area contributed by atoms with E-state index in [1.54, 1.807) is 15.5 Å². The number of hydrogen-bond acceptors (Lipinski definition) is 9. The maximum atomic E-state index is 14.0. The third-order valence-corrected chi connectivity index (χ3v) is 7.67. The SMILES string of the molecule is N[C@]1([C@@H](O)C(F)F)CCCN(c2cnc(-c3ccc(F)c(F)c3)cc2Cn2cnc3c(NCP(=O)(O)O)ncnc32)C1. The van der Waals surface area contributed by atoms with E-state index >= 15 is 0 Å². The Morgan fingerprint density at radius 1 is 1.12 bits per heavy atom. The first-order valence-electron chi connectivity index (χ1n) is 12.7. The number of aliphatic hydroxyl groups excluding tert-OH is 1. The van der Waals surface area contributed by atoms with Crippen molar-refractivity contribution in [3.63, 3.8) is 0 Å². The number of aromatic nitrogens is 5. The molecular weight excluding hydrogens is 583 g/mol. The van der Waals surface area contributed by atoms with E-state index in [1.165, 1.54) is 24.9 Å². The number of nitrogens with zero attached hydrogens (tertiary/aromatic N) is 6. The van der Waals surface area contributed by atoms with E-state index in [1.807, 2.05) is 0 Å². The second-order valence-electron chi connectivity index (χ2n) is 10.1. The van der Waals surface area contributed by atoms with Crippen LogP contribution in [0.5, 0.6) is 0 Å². The molecule has 12 nitrogen and oxygen atoms in total. The molecule has 0 radical (unpaired) electrons. The van der Waals surface area contributed by atoms with Crippen molar-refractivity contribution in [2.75, 3.05) is 29.6 Å². The summed E-state index contributed by atoms with van der Waals surface area (Å²) in [5.41, 5.74) is 6.90. The first-order valence-corrected chi connectivity index (χ1v) is 14.5. The Hall–Kier alpha value is -3.69. The lowest BCUT2D eigenvalue weighted by Crippen LogP contribution is -2.63. The zero-order valence-electron chi connectivity index (χ0n) is 21.9. The highest BCUT2D eigenvalue weighted by molar-refractivity contribution is 7.51. The number of pyridine rings is 1. The number of rotatable bonds is 9. The van der Waals surface area contributed by atoms with Crippen LogP contribution in [0, 0.1) is 11.6 Å². The molecule has 6 N–H and O–H groups in total. The second-order valence-corrected chi connectivity index (χ2v) is 11.8. The lowest BCUT2D eigenvalue weighted by Gasteiger charge is -2.44. The summed E-state index contributed by atoms with van der Waals surface area (Å²) in [5, 5.41) is 12.7. The number of piperidine rings is 1. The lowest BCUT2D eigenvalue weighted by molar-refractivity contribution is -0.0529. The van der Waals surface area contributed by atoms with Crippen LogP contribution in [-0.4, -0.2) is 76.8 Å². The van der Waals surface area contributed by atoms with Crippen molar-refractivity contribution in [3.05, 3.63) is 60.3 Å². The highest BCUT2D eigenvalue weighted by atomic mass is 31.2. The molecule has 0 unspecified atom stereocenters. The van der Waals surface area contributed by atoms with Gasteiger partial charge in [-0.05, 0) is 42.7 Å². The minimum Gasteiger partial charge on any atom is -0.385 e. The highest BCUT2D eigenvalue weighted by Crippen LogP contribution is 2.35. The van der Waals surface area contributed by atoms with Gasteiger partial charge in [0.25, 0.3) is 6.43 Å². The average molecular weight is 611 g/mol. The summed E-state index contributed by atoms with van der Waals surface area (Å²) in [6.07, 6.45) is -1.04. The Balaban J connectivity index is 1.55. The van der Waals surface area contributed by atoms with Gasteiger partial charge >= 0.3 is 7.60 Å². The van der Waals surface area contributed by atoms with Crippen molar-refractivity contribution in [2.45, 2.75) is 37.5 Å². The number of nitrogens with two attached hydrogens (primary N) is 1. The van der Waals surface area contributed by atoms with Crippen molar-refractivity contribution in [1.29, 1.82) is 0 Å². The summed E-state index contributed by atoms with van der Waals surface area (Å²) in [4.78, 5) is 37.2. The minimum absolute atomic E-state index is 0.0887. The zero-order chi connectivity index (χ0) is 30.2. The summed E-state index contributed by atoms with van der Waals surface area (Å²) in [6.45, 7) is 0.420. The summed E-state index contributed by atoms with van der Waals surface area (Å²) in [7, 11) is -4.39. The molecule has 0 amide bonds. The Bertz CT molecular complexity index is 1650. The maximum Gasteiger partial charge on any atom is 0.344 e. The standard InChI is InChI=1S/C25H27F4N8O4P/c26-16-3-2-14(6-17(16)27)18-7-15(19(8-31-18)36-5-1-4-25(30,10-36)21(38)22(28)29)9-37-12-34-20-23(32-11-33-24(20)37)35-13-42(39,40)41/h2-3,6-8,11-12,21-22,38H,1,4-5,9-10,13,30H2,(H,32,33,35)(H2,39,40,41)/t21-,25+/m0/s1. The molecule has 2 atom stereocenters. The van der Waals surface area contributed by atoms with Gasteiger partial charge in [0.15, 0.2) is 23.1 Å². The normalized spacial score (nSPS) is 18.5. The van der Waals surface area contributed by atoms with Gasteiger partial charge in [-0.2, -0.15) is 0 Å². The van der Waals surface area contributed by atoms with E-state index in [2.05, 4.69) is 25.3 Å². The molecule has 3 aromatic heterocycles. The number of anilines is 2. The summed E-state index contributed by atoms with van der Waals surface area (Å²) in [5.74, 6) is -1.98. The summed E-state index contributed by atoms with van der Waals surface area (Å²) in [6, 6.07) is 4.99. The van der Waals surface area contributed by atoms with Gasteiger partial charge in [0.1, 0.15) is 24.2 Å². The topological polar surface area (TPSA) is 176 Å². The smallest absolute Gasteiger partial charge is 0.344 e. The number of alkyl halides is 2. The molecule has 1 aliphatic heterocycles. The Morgan fingerprint density at radius 2 is 1.90 bits per heavy atom. The van der Waals surface area contributed by atoms with Crippen LogP contribution in [0.4, 0.5) is 29.1 Å². The van der Waals surface area contributed by atoms with Crippen LogP contribution in [-0.2, 0) is 11.1 Å². The van der Waals surface area contributed by atoms with Crippen LogP contribution >= 0.6 is 7.60 Å². The maximum absolute atomic E-state index is 14.0. The van der Waals surface area contributed by atoms with Gasteiger partial charge in [-0.15, -0.1) is 0 Å². The number of aliphatic hydroxyl groups is 1. The zero-order valence-corrected chi connectivity index (χ0v) is 22.8. The molecule has 0 spiro atoms. The van der Waals surface area contributed by atoms with Gasteiger partial charge in [0.2, 0.25) is 0 Å². The van der Waals surface area contributed by atoms with E-state index in [0.29, 0.717) is 41.1 Å². The van der Waals surface area contributed by atoms with E-state index in [0.717, 1.165) is 12.1 Å². The van der Waals surface area contributed by atoms with Crippen LogP contribution in [0.1, 0.15) is 18.4 Å². The lowest BCUT2D eigenvalue weighted by atomic mass is 9.84. The van der Waals surface area contributed by atoms with Crippen LogP contribution in [0.2, 0.25) is 0 Å². The first-order chi connectivity index (χ1) is 19.8. The molecule has 1 saturated heterocycles. The minimum atomic E-state index is -4.39. The molecule has 17 heteroatoms. The Labute approximate surface area is 236 Å². The molecule has 1 aliphatic rings. The number of halogens is 4. The third-order valence-electron chi connectivity index (χ3n) is 7.10. The van der Waals surface area contributed by atoms with Crippen molar-refractivity contribution < 1.29 is 37.0 Å². The molecule has 42 heavy (non-hydrogen) atoms. The number of nitrogens with one attached hydrogen (secondary N) is 1. The molecule has 0 saturated carbocycles. The van der Waals surface area contributed by atoms with Gasteiger partial charge in [0.05, 0.1) is 36.0 Å². The van der Waals surface area contributed by atoms with E-state index in [4.69, 9.17) is 5.73 Å². The molecule has 0 bridgehead atoms. The number of imidazole rings is 1. The fourth-order valence-corrected chi connectivity index (χ4v) is 5.37. The predicted octanol–water partition coefficient (Wildman–Crippen LogP) is 2.69. The van der Waals surface area contributed by atoms with Gasteiger partial charge in [-0.1, -0.05) is 0 Å². The fraction of sp³-hybridized carbons (Fsp3) is 0.360. The molecule has 4 aromatic rings. The monoisotopic (exact) mass is 610 g/mol. The van der Waals surface area contributed by atoms with E-state index in [-0.39, 0.29) is 30.8 Å². The summed E-state index contributed by atoms with van der Waals surface area (Å²) >= 11 is 0. The number of hydrogen-bond donors (Lipinski definition) is 5. The number of benzene rings is 1. The molecule has 1 fully saturated rings. The second kappa shape index (κ2) is 11.5. The predicted molar refractivity (Wildman–Crippen MR) is 145 cm³/mol. The molecule has 5 rings (SSSR count). The largest absolute Gasteiger partial charge is 0.385 e. The van der Waals surface area contributed by atoms with E-state index < -0.39 is 43.6 Å². The Kier molecular flexibility index (Phi) is 8.18. The molecule has 0 aliphatic carbocycles. The highest BCUT2D eigenvalue weighted by Gasteiger charge is 2.43. The summed E-state index contributed by atoms with van der Waals surface area (Å²) < 4.78 is 67.4. The van der Waals surface area contributed by atoms with Crippen LogP contribution in [0.15, 0.2) is 43.1 Å². The van der Waals surface area contributed by atoms with Crippen molar-refractivity contribution in [3.8, 4) is 11.3 Å². The van der Waals surface area contributed by atoms with Crippen LogP contribution in [0.25, 0.3) is 22.4 Å². The number of fused-ring (bicyclic) bond motifs is 1. The quantitative estimate of drug-likeness (QED) is 0.139. The van der Waals surface area contributed by atoms with E-state index in [9.17, 15) is 37.0 Å². The fourth-order valence-electron chi connectivity index (χ4n) is 5.01. The molecular formula is C25H27F4N8O4P. The first kappa shape index (κ1) is 29.8. The van der Waals surface area contributed by atoms with Gasteiger partial charge < -0.3 is 35.4 Å². The Morgan fingerprint density at radius 3 is 2.62 bits per heavy atom. The average Bonchev–Trinajstić information content (AvgIpc) is 3.35. The van der Waals surface area contributed by atoms with Crippen LogP contribution < -0.4 is 16.0 Å². The molecule has 1 aromatic carbocycles. The van der Waals surface area contributed by atoms with Gasteiger partial charge in [-0.3, -0.25) is 9.55 Å². The van der Waals surface area contributed by atoms with Crippen molar-refractivity contribution in [1.82, 2.24) is 24.5 Å².